The van der Waals surface area contributed by atoms with Gasteiger partial charge in [-0.1, -0.05) is 72.8 Å². The molecule has 5 aromatic carbocycles. The van der Waals surface area contributed by atoms with Crippen LogP contribution in [-0.4, -0.2) is 10.9 Å². The monoisotopic (exact) mass is 565 g/mol. The third-order valence-electron chi connectivity index (χ3n) is 5.61. The van der Waals surface area contributed by atoms with Crippen LogP contribution in [0.5, 0.6) is 0 Å². The molecule has 1 heterocycles. The van der Waals surface area contributed by atoms with Gasteiger partial charge in [0, 0.05) is 36.6 Å². The van der Waals surface area contributed by atoms with Gasteiger partial charge in [-0.15, -0.1) is 0 Å². The number of pyridine rings is 1. The topological polar surface area (TPSA) is 42.0 Å². The molecule has 0 spiro atoms. The molecule has 0 saturated carbocycles. The fourth-order valence-electron chi connectivity index (χ4n) is 4.22. The van der Waals surface area contributed by atoms with Gasteiger partial charge in [-0.25, -0.2) is 4.98 Å². The fraction of sp³-hybridized carbons (Fsp3) is 0. The molecule has 1 N–H and O–H groups in total. The third-order valence-corrected chi connectivity index (χ3v) is 5.61. The largest absolute Gasteiger partial charge is 0.320 e. The van der Waals surface area contributed by atoms with Crippen LogP contribution in [0.3, 0.4) is 0 Å². The van der Waals surface area contributed by atoms with Crippen LogP contribution in [0.2, 0.25) is 0 Å². The molecule has 0 aliphatic rings. The minimum atomic E-state index is -0.203. The van der Waals surface area contributed by atoms with Crippen molar-refractivity contribution < 1.29 is 24.9 Å². The number of para-hydroxylation sites is 1. The first kappa shape index (κ1) is 18.7. The smallest absolute Gasteiger partial charge is 0.274 e. The summed E-state index contributed by atoms with van der Waals surface area (Å²) in [5, 5.41) is 11.2. The van der Waals surface area contributed by atoms with Crippen molar-refractivity contribution in [3.05, 3.63) is 96.7 Å². The van der Waals surface area contributed by atoms with Gasteiger partial charge in [-0.3, -0.25) is 4.79 Å². The van der Waals surface area contributed by atoms with Crippen molar-refractivity contribution in [1.82, 2.24) is 4.98 Å². The predicted molar refractivity (Wildman–Crippen MR) is 120 cm³/mol. The Labute approximate surface area is 186 Å². The second-order valence-electron chi connectivity index (χ2n) is 7.31. The first-order valence-corrected chi connectivity index (χ1v) is 9.62. The number of nitrogens with one attached hydrogen (secondary N) is 1. The number of carbonyl (C=O) groups excluding carboxylic acids is 1. The van der Waals surface area contributed by atoms with Crippen molar-refractivity contribution in [3.8, 4) is 0 Å². The van der Waals surface area contributed by atoms with Gasteiger partial charge in [0.15, 0.2) is 0 Å². The number of anilines is 1. The zero-order chi connectivity index (χ0) is 19.4. The molecule has 30 heavy (non-hydrogen) atoms. The van der Waals surface area contributed by atoms with Crippen LogP contribution in [0.15, 0.2) is 91.0 Å². The molecule has 6 rings (SSSR count). The molecule has 0 atom stereocenters. The van der Waals surface area contributed by atoms with Crippen LogP contribution in [-0.2, 0) is 20.1 Å². The van der Waals surface area contributed by atoms with Crippen LogP contribution in [0.4, 0.5) is 5.69 Å². The van der Waals surface area contributed by atoms with E-state index in [1.54, 1.807) is 6.07 Å². The summed E-state index contributed by atoms with van der Waals surface area (Å²) in [5.41, 5.74) is 2.03. The number of hydrogen-bond donors (Lipinski definition) is 1. The van der Waals surface area contributed by atoms with Crippen molar-refractivity contribution in [3.63, 3.8) is 0 Å². The van der Waals surface area contributed by atoms with Crippen LogP contribution < -0.4 is 5.32 Å². The van der Waals surface area contributed by atoms with E-state index in [0.29, 0.717) is 5.69 Å². The third kappa shape index (κ3) is 2.85. The van der Waals surface area contributed by atoms with Crippen LogP contribution >= 0.6 is 0 Å². The van der Waals surface area contributed by atoms with Crippen molar-refractivity contribution in [1.29, 1.82) is 0 Å². The Hall–Kier alpha value is -3.33. The molecule has 0 aliphatic heterocycles. The molecule has 0 saturated heterocycles. The van der Waals surface area contributed by atoms with Crippen LogP contribution in [0, 0.1) is 0 Å². The summed E-state index contributed by atoms with van der Waals surface area (Å²) >= 11 is 0. The van der Waals surface area contributed by atoms with E-state index in [1.807, 2.05) is 36.4 Å². The molecule has 0 aliphatic carbocycles. The standard InChI is InChI=1S/C26H16N2O.Ir/c29-26(23-15-11-16-4-1-2-7-21(16)27-23)28-22-14-12-19-9-8-17-5-3-6-18-10-13-20(22)25(19)24(17)18;/h1-15H,(H,28,29);. The summed E-state index contributed by atoms with van der Waals surface area (Å²) in [6.45, 7) is 0. The Morgan fingerprint density at radius 3 is 2.10 bits per heavy atom. The van der Waals surface area contributed by atoms with E-state index in [-0.39, 0.29) is 26.0 Å². The van der Waals surface area contributed by atoms with Gasteiger partial charge in [0.1, 0.15) is 5.69 Å². The number of rotatable bonds is 2. The normalized spacial score (nSPS) is 11.2. The van der Waals surface area contributed by atoms with Gasteiger partial charge < -0.3 is 5.32 Å². The molecular weight excluding hydrogens is 549 g/mol. The summed E-state index contributed by atoms with van der Waals surface area (Å²) in [7, 11) is 0. The Morgan fingerprint density at radius 1 is 0.633 bits per heavy atom. The van der Waals surface area contributed by atoms with E-state index in [1.165, 1.54) is 26.9 Å². The van der Waals surface area contributed by atoms with Crippen molar-refractivity contribution >= 4 is 54.8 Å². The van der Waals surface area contributed by atoms with Crippen molar-refractivity contribution in [2.75, 3.05) is 5.32 Å². The Kier molecular flexibility index (Phi) is 4.47. The number of carbonyl (C=O) groups is 1. The minimum Gasteiger partial charge on any atom is -0.320 e. The summed E-state index contributed by atoms with van der Waals surface area (Å²) in [4.78, 5) is 17.5. The molecule has 4 heteroatoms. The quantitative estimate of drug-likeness (QED) is 0.248. The summed E-state index contributed by atoms with van der Waals surface area (Å²) < 4.78 is 0. The zero-order valence-corrected chi connectivity index (χ0v) is 18.2. The molecule has 3 nitrogen and oxygen atoms in total. The van der Waals surface area contributed by atoms with Gasteiger partial charge in [-0.05, 0) is 45.1 Å². The molecule has 0 fully saturated rings. The van der Waals surface area contributed by atoms with Crippen molar-refractivity contribution in [2.24, 2.45) is 0 Å². The number of aromatic nitrogens is 1. The van der Waals surface area contributed by atoms with Gasteiger partial charge >= 0.3 is 0 Å². The maximum atomic E-state index is 12.9. The summed E-state index contributed by atoms with van der Waals surface area (Å²) in [5.74, 6) is -0.203. The molecule has 1 aromatic heterocycles. The SMILES string of the molecule is O=C(Nc1ccc2ccc3cccc4ccc1c2c34)c1ccc2ccccc2n1.[Ir]. The maximum absolute atomic E-state index is 12.9. The van der Waals surface area contributed by atoms with E-state index in [9.17, 15) is 4.79 Å². The molecule has 0 unspecified atom stereocenters. The van der Waals surface area contributed by atoms with Gasteiger partial charge in [-0.2, -0.15) is 0 Å². The van der Waals surface area contributed by atoms with E-state index in [4.69, 9.17) is 0 Å². The molecule has 6 aromatic rings. The van der Waals surface area contributed by atoms with E-state index in [0.717, 1.165) is 22.0 Å². The van der Waals surface area contributed by atoms with Crippen molar-refractivity contribution in [2.45, 2.75) is 0 Å². The van der Waals surface area contributed by atoms with Gasteiger partial charge in [0.2, 0.25) is 0 Å². The Balaban J connectivity index is 0.00000193. The molecule has 145 valence electrons. The first-order valence-electron chi connectivity index (χ1n) is 9.62. The second-order valence-corrected chi connectivity index (χ2v) is 7.31. The van der Waals surface area contributed by atoms with E-state index < -0.39 is 0 Å². The predicted octanol–water partition coefficient (Wildman–Crippen LogP) is 6.38. The average molecular weight is 565 g/mol. The van der Waals surface area contributed by atoms with E-state index >= 15 is 0 Å². The minimum absolute atomic E-state index is 0. The molecule has 0 bridgehead atoms. The molecule has 1 radical (unpaired) electrons. The second kappa shape index (κ2) is 7.17. The molecular formula is C26H16IrN2O. The van der Waals surface area contributed by atoms with E-state index in [2.05, 4.69) is 58.8 Å². The fourth-order valence-corrected chi connectivity index (χ4v) is 4.22. The number of hydrogen-bond acceptors (Lipinski definition) is 2. The maximum Gasteiger partial charge on any atom is 0.274 e. The van der Waals surface area contributed by atoms with Gasteiger partial charge in [0.25, 0.3) is 5.91 Å². The van der Waals surface area contributed by atoms with Crippen LogP contribution in [0.25, 0.3) is 43.2 Å². The number of benzene rings is 5. The number of fused-ring (bicyclic) bond motifs is 1. The first-order chi connectivity index (χ1) is 14.3. The Morgan fingerprint density at radius 2 is 1.27 bits per heavy atom. The number of amides is 1. The summed E-state index contributed by atoms with van der Waals surface area (Å²) in [6, 6.07) is 30.4. The van der Waals surface area contributed by atoms with Crippen LogP contribution in [0.1, 0.15) is 10.5 Å². The zero-order valence-electron chi connectivity index (χ0n) is 15.8. The van der Waals surface area contributed by atoms with Gasteiger partial charge in [0.05, 0.1) is 5.52 Å². The Bertz CT molecular complexity index is 1540. The molecule has 1 amide bonds. The average Bonchev–Trinajstić information content (AvgIpc) is 2.78. The summed E-state index contributed by atoms with van der Waals surface area (Å²) in [6.07, 6.45) is 0. The number of nitrogens with zero attached hydrogens (tertiary/aromatic N) is 1.